The first-order valence-electron chi connectivity index (χ1n) is 8.89. The van der Waals surface area contributed by atoms with E-state index in [0.29, 0.717) is 11.5 Å². The van der Waals surface area contributed by atoms with Crippen molar-refractivity contribution >= 4 is 17.4 Å². The molecule has 2 aromatic rings. The van der Waals surface area contributed by atoms with Crippen LogP contribution in [0.25, 0.3) is 0 Å². The van der Waals surface area contributed by atoms with Gasteiger partial charge in [0.1, 0.15) is 0 Å². The molecule has 2 aliphatic rings. The largest absolute Gasteiger partial charge is 0.466 e. The molecule has 9 heteroatoms. The maximum absolute atomic E-state index is 12.6. The minimum absolute atomic E-state index is 0.0186. The van der Waals surface area contributed by atoms with Gasteiger partial charge in [-0.15, -0.1) is 0 Å². The number of ether oxygens (including phenoxy) is 3. The van der Waals surface area contributed by atoms with E-state index >= 15 is 0 Å². The molecule has 1 atom stereocenters. The van der Waals surface area contributed by atoms with Crippen LogP contribution in [-0.4, -0.2) is 36.1 Å². The topological polar surface area (TPSA) is 109 Å². The van der Waals surface area contributed by atoms with Crippen LogP contribution in [0.1, 0.15) is 23.1 Å². The van der Waals surface area contributed by atoms with Crippen LogP contribution < -0.4 is 9.47 Å². The number of fused-ring (bicyclic) bond motifs is 1. The van der Waals surface area contributed by atoms with Crippen LogP contribution in [0.5, 0.6) is 11.5 Å². The van der Waals surface area contributed by atoms with Crippen molar-refractivity contribution in [2.75, 3.05) is 13.9 Å². The molecule has 0 aromatic heterocycles. The predicted octanol–water partition coefficient (Wildman–Crippen LogP) is 2.91. The lowest BCUT2D eigenvalue weighted by Gasteiger charge is -2.23. The number of hydrogen-bond donors (Lipinski definition) is 0. The Kier molecular flexibility index (Phi) is 4.57. The van der Waals surface area contributed by atoms with Crippen LogP contribution in [0.4, 0.5) is 5.69 Å². The third kappa shape index (κ3) is 3.35. The van der Waals surface area contributed by atoms with Crippen LogP contribution in [-0.2, 0) is 20.8 Å². The van der Waals surface area contributed by atoms with Crippen molar-refractivity contribution in [1.82, 2.24) is 0 Å². The Morgan fingerprint density at radius 1 is 1.24 bits per heavy atom. The van der Waals surface area contributed by atoms with Gasteiger partial charge in [0, 0.05) is 18.4 Å². The van der Waals surface area contributed by atoms with Crippen molar-refractivity contribution in [2.24, 2.45) is 5.16 Å². The van der Waals surface area contributed by atoms with Crippen molar-refractivity contribution in [2.45, 2.75) is 25.4 Å². The van der Waals surface area contributed by atoms with Gasteiger partial charge in [-0.25, -0.2) is 4.79 Å². The average Bonchev–Trinajstić information content (AvgIpc) is 3.34. The third-order valence-electron chi connectivity index (χ3n) is 4.97. The van der Waals surface area contributed by atoms with Gasteiger partial charge >= 0.3 is 5.97 Å². The lowest BCUT2D eigenvalue weighted by molar-refractivity contribution is -0.385. The number of carbonyl (C=O) groups excluding carboxylic acids is 1. The number of oxime groups is 1. The molecule has 0 saturated heterocycles. The lowest BCUT2D eigenvalue weighted by Crippen LogP contribution is -2.42. The quantitative estimate of drug-likeness (QED) is 0.433. The average molecular weight is 398 g/mol. The summed E-state index contributed by atoms with van der Waals surface area (Å²) in [6.07, 6.45) is 0.0137. The minimum atomic E-state index is -1.51. The fourth-order valence-electron chi connectivity index (χ4n) is 3.43. The molecule has 0 spiro atoms. The molecule has 0 saturated carbocycles. The zero-order valence-electron chi connectivity index (χ0n) is 15.8. The van der Waals surface area contributed by atoms with E-state index in [1.165, 1.54) is 19.2 Å². The van der Waals surface area contributed by atoms with E-state index in [1.54, 1.807) is 0 Å². The summed E-state index contributed by atoms with van der Waals surface area (Å²) in [5.74, 6) is 0.00937. The van der Waals surface area contributed by atoms with Crippen LogP contribution >= 0.6 is 0 Å². The fourth-order valence-corrected chi connectivity index (χ4v) is 3.43. The zero-order valence-corrected chi connectivity index (χ0v) is 15.8. The zero-order chi connectivity index (χ0) is 20.6. The van der Waals surface area contributed by atoms with E-state index in [-0.39, 0.29) is 36.6 Å². The summed E-state index contributed by atoms with van der Waals surface area (Å²) in [4.78, 5) is 29.3. The van der Waals surface area contributed by atoms with Gasteiger partial charge in [-0.3, -0.25) is 10.1 Å². The number of esters is 1. The van der Waals surface area contributed by atoms with Gasteiger partial charge in [0.15, 0.2) is 11.5 Å². The first-order chi connectivity index (χ1) is 13.9. The molecule has 9 nitrogen and oxygen atoms in total. The van der Waals surface area contributed by atoms with Gasteiger partial charge in [0.2, 0.25) is 12.4 Å². The maximum Gasteiger partial charge on any atom is 0.353 e. The summed E-state index contributed by atoms with van der Waals surface area (Å²) in [5.41, 5.74) is 1.03. The number of nitro benzene ring substituents is 1. The Hall–Kier alpha value is -3.62. The Morgan fingerprint density at radius 2 is 1.93 bits per heavy atom. The van der Waals surface area contributed by atoms with E-state index in [4.69, 9.17) is 19.0 Å². The predicted molar refractivity (Wildman–Crippen MR) is 101 cm³/mol. The van der Waals surface area contributed by atoms with Crippen LogP contribution in [0, 0.1) is 17.0 Å². The number of carbonyl (C=O) groups is 1. The molecule has 0 bridgehead atoms. The molecule has 0 radical (unpaired) electrons. The highest BCUT2D eigenvalue weighted by atomic mass is 16.7. The van der Waals surface area contributed by atoms with E-state index < -0.39 is 16.5 Å². The van der Waals surface area contributed by atoms with Crippen molar-refractivity contribution < 1.29 is 28.8 Å². The molecule has 2 aromatic carbocycles. The number of hydrogen-bond acceptors (Lipinski definition) is 8. The summed E-state index contributed by atoms with van der Waals surface area (Å²) in [6, 6.07) is 10.4. The molecule has 0 aliphatic carbocycles. The highest BCUT2D eigenvalue weighted by molar-refractivity contribution is 6.04. The summed E-state index contributed by atoms with van der Waals surface area (Å²) in [7, 11) is 1.24. The second-order valence-electron chi connectivity index (χ2n) is 6.93. The van der Waals surface area contributed by atoms with E-state index in [1.807, 2.05) is 31.2 Å². The highest BCUT2D eigenvalue weighted by Gasteiger charge is 2.49. The van der Waals surface area contributed by atoms with Crippen molar-refractivity contribution in [3.63, 3.8) is 0 Å². The summed E-state index contributed by atoms with van der Waals surface area (Å²) in [6.45, 7) is 1.95. The number of benzene rings is 2. The molecule has 0 fully saturated rings. The van der Waals surface area contributed by atoms with Gasteiger partial charge in [0.05, 0.1) is 23.8 Å². The molecular formula is C20H18N2O7. The van der Waals surface area contributed by atoms with Crippen molar-refractivity contribution in [3.8, 4) is 11.5 Å². The molecule has 4 rings (SSSR count). The van der Waals surface area contributed by atoms with Crippen LogP contribution in [0.2, 0.25) is 0 Å². The Morgan fingerprint density at radius 3 is 2.59 bits per heavy atom. The van der Waals surface area contributed by atoms with Crippen LogP contribution in [0.15, 0.2) is 41.6 Å². The van der Waals surface area contributed by atoms with E-state index in [2.05, 4.69) is 5.16 Å². The molecule has 2 aliphatic heterocycles. The summed E-state index contributed by atoms with van der Waals surface area (Å²) >= 11 is 0. The number of aryl methyl sites for hydroxylation is 1. The van der Waals surface area contributed by atoms with Crippen LogP contribution in [0.3, 0.4) is 0 Å². The van der Waals surface area contributed by atoms with E-state index in [0.717, 1.165) is 11.1 Å². The Balaban J connectivity index is 1.69. The number of nitrogens with zero attached hydrogens (tertiary/aromatic N) is 2. The fraction of sp³-hybridized carbons (Fsp3) is 0.300. The minimum Gasteiger partial charge on any atom is -0.466 e. The monoisotopic (exact) mass is 398 g/mol. The molecule has 150 valence electrons. The second-order valence-corrected chi connectivity index (χ2v) is 6.93. The lowest BCUT2D eigenvalue weighted by atomic mass is 9.87. The van der Waals surface area contributed by atoms with Gasteiger partial charge in [-0.05, 0) is 18.6 Å². The van der Waals surface area contributed by atoms with Gasteiger partial charge < -0.3 is 19.0 Å². The summed E-state index contributed by atoms with van der Waals surface area (Å²) in [5, 5.41) is 15.7. The van der Waals surface area contributed by atoms with Gasteiger partial charge in [-0.1, -0.05) is 35.0 Å². The molecule has 0 N–H and O–H groups in total. The van der Waals surface area contributed by atoms with Crippen molar-refractivity contribution in [1.29, 1.82) is 0 Å². The molecule has 0 amide bonds. The van der Waals surface area contributed by atoms with Gasteiger partial charge in [0.25, 0.3) is 5.69 Å². The third-order valence-corrected chi connectivity index (χ3v) is 4.97. The normalized spacial score (nSPS) is 19.4. The highest BCUT2D eigenvalue weighted by Crippen LogP contribution is 2.41. The first kappa shape index (κ1) is 18.7. The molecule has 1 unspecified atom stereocenters. The number of rotatable bonds is 5. The Labute approximate surface area is 166 Å². The molecule has 2 heterocycles. The molecule has 29 heavy (non-hydrogen) atoms. The SMILES string of the molecule is COC(=O)C1(Cc2cc3c(cc2[N+](=O)[O-])OCO3)CC(c2ccc(C)cc2)=NO1. The summed E-state index contributed by atoms with van der Waals surface area (Å²) < 4.78 is 15.5. The smallest absolute Gasteiger partial charge is 0.353 e. The standard InChI is InChI=1S/C20H18N2O7/c1-12-3-5-13(6-4-12)15-10-20(29-21-15,19(23)26-2)9-14-7-17-18(28-11-27-17)8-16(14)22(24)25/h3-8H,9-11H2,1-2H3. The molecular weight excluding hydrogens is 380 g/mol. The second kappa shape index (κ2) is 7.08. The number of nitro groups is 1. The van der Waals surface area contributed by atoms with Crippen molar-refractivity contribution in [3.05, 3.63) is 63.2 Å². The Bertz CT molecular complexity index is 1020. The van der Waals surface area contributed by atoms with Gasteiger partial charge in [-0.2, -0.15) is 0 Å². The maximum atomic E-state index is 12.6. The first-order valence-corrected chi connectivity index (χ1v) is 8.89. The van der Waals surface area contributed by atoms with E-state index in [9.17, 15) is 14.9 Å². The number of methoxy groups -OCH3 is 1.